The van der Waals surface area contributed by atoms with Gasteiger partial charge in [0, 0.05) is 25.4 Å². The Hall–Kier alpha value is -6.10. The molecule has 3 aromatic carbocycles. The molecule has 3 aromatic heterocycles. The van der Waals surface area contributed by atoms with Gasteiger partial charge in [-0.3, -0.25) is 9.36 Å². The molecular formula is C38H42N8O8. The molecule has 6 aromatic rings. The van der Waals surface area contributed by atoms with Crippen LogP contribution in [-0.2, 0) is 22.4 Å². The standard InChI is InChI=1S/C37H40N8O6.CH2O2/c1-4-28-41-35(51-44-28)32-30(46)31(47)36(50-32)45-21-40-29-33(39-20-25(23-11-7-5-8-12-23)24-13-9-6-10-14-24)42-37(43-34(29)45)38-18-17-22-15-16-26(48-2)27(19-22)49-3;2-1-3/h5-16,19,21,25,30-32,36,46-47H,4,17-18,20H2,1-3H3,(H2,38,39,42,43);1H,(H,2,3)/t30-,31+,32-,36+;/m0./s1. The summed E-state index contributed by atoms with van der Waals surface area (Å²) in [6.45, 7) is 2.66. The Morgan fingerprint density at radius 2 is 1.59 bits per heavy atom. The fourth-order valence-corrected chi connectivity index (χ4v) is 6.28. The zero-order chi connectivity index (χ0) is 38.0. The zero-order valence-electron chi connectivity index (χ0n) is 29.9. The largest absolute Gasteiger partial charge is 0.493 e. The Balaban J connectivity index is 0.00000160. The Bertz CT molecular complexity index is 2070. The van der Waals surface area contributed by atoms with Crippen molar-refractivity contribution >= 4 is 29.4 Å². The number of benzene rings is 3. The second kappa shape index (κ2) is 17.6. The smallest absolute Gasteiger partial charge is 0.290 e. The van der Waals surface area contributed by atoms with Gasteiger partial charge in [-0.05, 0) is 35.2 Å². The van der Waals surface area contributed by atoms with Gasteiger partial charge < -0.3 is 44.7 Å². The molecule has 0 spiro atoms. The molecule has 0 bridgehead atoms. The molecule has 0 unspecified atom stereocenters. The van der Waals surface area contributed by atoms with Crippen molar-refractivity contribution in [2.75, 3.05) is 37.9 Å². The normalized spacial score (nSPS) is 17.9. The number of nitrogens with one attached hydrogen (secondary N) is 2. The van der Waals surface area contributed by atoms with Gasteiger partial charge in [0.2, 0.25) is 5.95 Å². The lowest BCUT2D eigenvalue weighted by atomic mass is 9.91. The molecule has 16 nitrogen and oxygen atoms in total. The van der Waals surface area contributed by atoms with Crippen LogP contribution in [-0.4, -0.2) is 91.0 Å². The number of hydrogen-bond acceptors (Lipinski definition) is 14. The first kappa shape index (κ1) is 37.7. The van der Waals surface area contributed by atoms with Crippen LogP contribution in [0.25, 0.3) is 11.2 Å². The number of carboxylic acid groups (broad SMARTS) is 1. The summed E-state index contributed by atoms with van der Waals surface area (Å²) in [7, 11) is 3.21. The third kappa shape index (κ3) is 8.25. The van der Waals surface area contributed by atoms with Crippen LogP contribution in [0.15, 0.2) is 89.7 Å². The summed E-state index contributed by atoms with van der Waals surface area (Å²) in [6.07, 6.45) is -2.02. The number of methoxy groups -OCH3 is 2. The van der Waals surface area contributed by atoms with E-state index in [2.05, 4.69) is 50.0 Å². The molecule has 0 amide bonds. The van der Waals surface area contributed by atoms with Crippen LogP contribution in [0.5, 0.6) is 11.5 Å². The van der Waals surface area contributed by atoms with E-state index in [1.165, 1.54) is 6.33 Å². The van der Waals surface area contributed by atoms with Crippen molar-refractivity contribution in [2.24, 2.45) is 0 Å². The van der Waals surface area contributed by atoms with Crippen molar-refractivity contribution in [2.45, 2.75) is 50.2 Å². The molecular weight excluding hydrogens is 696 g/mol. The van der Waals surface area contributed by atoms with Gasteiger partial charge in [0.1, 0.15) is 12.2 Å². The van der Waals surface area contributed by atoms with Crippen LogP contribution in [0.2, 0.25) is 0 Å². The Morgan fingerprint density at radius 3 is 2.22 bits per heavy atom. The van der Waals surface area contributed by atoms with Gasteiger partial charge in [-0.25, -0.2) is 4.98 Å². The maximum Gasteiger partial charge on any atom is 0.290 e. The highest BCUT2D eigenvalue weighted by atomic mass is 16.6. The van der Waals surface area contributed by atoms with Gasteiger partial charge in [-0.15, -0.1) is 0 Å². The van der Waals surface area contributed by atoms with E-state index in [1.54, 1.807) is 18.8 Å². The average Bonchev–Trinajstić information content (AvgIpc) is 3.93. The first-order valence-corrected chi connectivity index (χ1v) is 17.3. The quantitative estimate of drug-likeness (QED) is 0.0982. The third-order valence-electron chi connectivity index (χ3n) is 9.00. The summed E-state index contributed by atoms with van der Waals surface area (Å²) in [4.78, 5) is 27.0. The number of ether oxygens (including phenoxy) is 3. The van der Waals surface area contributed by atoms with Gasteiger partial charge in [-0.2, -0.15) is 15.0 Å². The molecule has 5 N–H and O–H groups in total. The van der Waals surface area contributed by atoms with Crippen molar-refractivity contribution in [3.8, 4) is 11.5 Å². The molecule has 16 heteroatoms. The molecule has 0 saturated carbocycles. The highest BCUT2D eigenvalue weighted by Crippen LogP contribution is 2.40. The minimum absolute atomic E-state index is 0.0132. The van der Waals surface area contributed by atoms with E-state index in [-0.39, 0.29) is 18.3 Å². The fourth-order valence-electron chi connectivity index (χ4n) is 6.28. The third-order valence-corrected chi connectivity index (χ3v) is 9.00. The summed E-state index contributed by atoms with van der Waals surface area (Å²) < 4.78 is 24.0. The SMILES string of the molecule is CCc1noc([C@H]2O[C@@H](n3cnc4c(NCC(c5ccccc5)c5ccccc5)nc(NCCc5ccc(OC)c(OC)c5)nc43)[C@H](O)[C@@H]2O)n1.O=CO. The summed E-state index contributed by atoms with van der Waals surface area (Å²) in [5.74, 6) is 2.73. The van der Waals surface area contributed by atoms with Crippen molar-refractivity contribution in [1.82, 2.24) is 29.7 Å². The van der Waals surface area contributed by atoms with Crippen molar-refractivity contribution in [3.63, 3.8) is 0 Å². The minimum Gasteiger partial charge on any atom is -0.493 e. The number of aromatic nitrogens is 6. The maximum atomic E-state index is 11.2. The molecule has 1 aliphatic rings. The summed E-state index contributed by atoms with van der Waals surface area (Å²) in [5.41, 5.74) is 4.20. The molecule has 7 rings (SSSR count). The van der Waals surface area contributed by atoms with Gasteiger partial charge in [0.05, 0.1) is 20.5 Å². The Kier molecular flexibility index (Phi) is 12.3. The summed E-state index contributed by atoms with van der Waals surface area (Å²) >= 11 is 0. The molecule has 4 atom stereocenters. The van der Waals surface area contributed by atoms with Crippen LogP contribution < -0.4 is 20.1 Å². The maximum absolute atomic E-state index is 11.2. The molecule has 4 heterocycles. The number of carbonyl (C=O) groups is 1. The highest BCUT2D eigenvalue weighted by Gasteiger charge is 2.47. The second-order valence-corrected chi connectivity index (χ2v) is 12.3. The van der Waals surface area contributed by atoms with E-state index in [0.29, 0.717) is 66.2 Å². The fraction of sp³-hybridized carbons (Fsp3) is 0.316. The van der Waals surface area contributed by atoms with Gasteiger partial charge in [0.15, 0.2) is 46.6 Å². The molecule has 54 heavy (non-hydrogen) atoms. The van der Waals surface area contributed by atoms with E-state index >= 15 is 0 Å². The van der Waals surface area contributed by atoms with Crippen LogP contribution >= 0.6 is 0 Å². The lowest BCUT2D eigenvalue weighted by Gasteiger charge is -2.20. The van der Waals surface area contributed by atoms with E-state index in [1.807, 2.05) is 61.5 Å². The molecule has 0 aliphatic carbocycles. The van der Waals surface area contributed by atoms with Crippen LogP contribution in [0.3, 0.4) is 0 Å². The summed E-state index contributed by atoms with van der Waals surface area (Å²) in [5, 5.41) is 39.9. The predicted molar refractivity (Wildman–Crippen MR) is 198 cm³/mol. The van der Waals surface area contributed by atoms with Gasteiger partial charge in [-0.1, -0.05) is 78.8 Å². The lowest BCUT2D eigenvalue weighted by Crippen LogP contribution is -2.29. The first-order valence-electron chi connectivity index (χ1n) is 17.3. The first-order chi connectivity index (χ1) is 26.4. The number of anilines is 2. The van der Waals surface area contributed by atoms with Crippen molar-refractivity contribution < 1.29 is 38.8 Å². The van der Waals surface area contributed by atoms with Gasteiger partial charge >= 0.3 is 0 Å². The van der Waals surface area contributed by atoms with E-state index < -0.39 is 24.5 Å². The van der Waals surface area contributed by atoms with Crippen LogP contribution in [0.1, 0.15) is 53.6 Å². The number of imidazole rings is 1. The number of nitrogens with zero attached hydrogens (tertiary/aromatic N) is 6. The predicted octanol–water partition coefficient (Wildman–Crippen LogP) is 4.38. The number of aliphatic hydroxyl groups is 2. The monoisotopic (exact) mass is 738 g/mol. The molecule has 0 radical (unpaired) electrons. The minimum atomic E-state index is -1.34. The highest BCUT2D eigenvalue weighted by molar-refractivity contribution is 5.84. The Labute approximate surface area is 310 Å². The van der Waals surface area contributed by atoms with Crippen LogP contribution in [0, 0.1) is 0 Å². The molecule has 1 fully saturated rings. The van der Waals surface area contributed by atoms with E-state index in [4.69, 9.17) is 38.6 Å². The number of hydrogen-bond donors (Lipinski definition) is 5. The summed E-state index contributed by atoms with van der Waals surface area (Å²) in [6, 6.07) is 26.4. The van der Waals surface area contributed by atoms with Crippen LogP contribution in [0.4, 0.5) is 11.8 Å². The number of aryl methyl sites for hydroxylation is 1. The average molecular weight is 739 g/mol. The van der Waals surface area contributed by atoms with Crippen molar-refractivity contribution in [1.29, 1.82) is 0 Å². The molecule has 1 aliphatic heterocycles. The molecule has 1 saturated heterocycles. The Morgan fingerprint density at radius 1 is 0.907 bits per heavy atom. The number of rotatable bonds is 14. The number of aliphatic hydroxyl groups excluding tert-OH is 2. The number of fused-ring (bicyclic) bond motifs is 1. The van der Waals surface area contributed by atoms with E-state index in [0.717, 1.165) is 16.7 Å². The van der Waals surface area contributed by atoms with Crippen molar-refractivity contribution in [3.05, 3.63) is 114 Å². The second-order valence-electron chi connectivity index (χ2n) is 12.3. The lowest BCUT2D eigenvalue weighted by molar-refractivity contribution is -0.122. The topological polar surface area (TPSA) is 212 Å². The molecule has 282 valence electrons. The zero-order valence-corrected chi connectivity index (χ0v) is 29.9. The van der Waals surface area contributed by atoms with E-state index in [9.17, 15) is 10.2 Å². The van der Waals surface area contributed by atoms with Gasteiger partial charge in [0.25, 0.3) is 12.4 Å².